The van der Waals surface area contributed by atoms with Crippen molar-refractivity contribution in [1.82, 2.24) is 5.32 Å². The number of allylic oxidation sites excluding steroid dienone is 4. The summed E-state index contributed by atoms with van der Waals surface area (Å²) in [6, 6.07) is -1.00. The van der Waals surface area contributed by atoms with Gasteiger partial charge in [0.05, 0.1) is 18.8 Å². The molecule has 0 aromatic heterocycles. The lowest BCUT2D eigenvalue weighted by Crippen LogP contribution is -2.53. The molecular formula is C49H95NO5. The number of unbranched alkanes of at least 4 members (excludes halogenated alkanes) is 32. The molecule has 326 valence electrons. The molecule has 0 aliphatic rings. The maximum atomic E-state index is 12.5. The Morgan fingerprint density at radius 3 is 1.18 bits per heavy atom. The highest BCUT2D eigenvalue weighted by atomic mass is 16.3. The van der Waals surface area contributed by atoms with E-state index in [1.165, 1.54) is 180 Å². The minimum atomic E-state index is -1.28. The summed E-state index contributed by atoms with van der Waals surface area (Å²) in [5, 5.41) is 43.4. The Hall–Kier alpha value is -1.21. The van der Waals surface area contributed by atoms with Gasteiger partial charge in [-0.15, -0.1) is 0 Å². The van der Waals surface area contributed by atoms with Crippen LogP contribution in [0.4, 0.5) is 0 Å². The molecule has 0 heterocycles. The van der Waals surface area contributed by atoms with Gasteiger partial charge in [0.1, 0.15) is 12.2 Å². The average Bonchev–Trinajstić information content (AvgIpc) is 3.19. The van der Waals surface area contributed by atoms with Crippen LogP contribution in [0.2, 0.25) is 0 Å². The molecule has 55 heavy (non-hydrogen) atoms. The highest BCUT2D eigenvalue weighted by Crippen LogP contribution is 2.17. The Morgan fingerprint density at radius 1 is 0.473 bits per heavy atom. The van der Waals surface area contributed by atoms with Crippen LogP contribution in [0.15, 0.2) is 24.3 Å². The van der Waals surface area contributed by atoms with E-state index in [-0.39, 0.29) is 0 Å². The number of rotatable bonds is 44. The van der Waals surface area contributed by atoms with Gasteiger partial charge in [-0.2, -0.15) is 0 Å². The molecular weight excluding hydrogens is 683 g/mol. The summed E-state index contributed by atoms with van der Waals surface area (Å²) in [5.74, 6) is -0.597. The Balaban J connectivity index is 3.50. The number of aliphatic hydroxyl groups is 4. The molecule has 0 aliphatic carbocycles. The van der Waals surface area contributed by atoms with Crippen LogP contribution in [0.3, 0.4) is 0 Å². The Morgan fingerprint density at radius 2 is 0.818 bits per heavy atom. The first-order valence-electron chi connectivity index (χ1n) is 24.2. The summed E-state index contributed by atoms with van der Waals surface area (Å²) >= 11 is 0. The van der Waals surface area contributed by atoms with Crippen LogP contribution in [-0.4, -0.2) is 57.3 Å². The summed E-state index contributed by atoms with van der Waals surface area (Å²) in [7, 11) is 0. The van der Waals surface area contributed by atoms with E-state index in [1.807, 2.05) is 13.0 Å². The van der Waals surface area contributed by atoms with E-state index in [9.17, 15) is 25.2 Å². The van der Waals surface area contributed by atoms with E-state index < -0.39 is 36.9 Å². The monoisotopic (exact) mass is 778 g/mol. The van der Waals surface area contributed by atoms with Crippen LogP contribution in [-0.2, 0) is 4.79 Å². The quantitative estimate of drug-likeness (QED) is 0.0313. The number of carbonyl (C=O) groups excluding carboxylic acids is 1. The number of hydrogen-bond acceptors (Lipinski definition) is 5. The third-order valence-corrected chi connectivity index (χ3v) is 11.5. The van der Waals surface area contributed by atoms with E-state index in [0.29, 0.717) is 19.3 Å². The van der Waals surface area contributed by atoms with Crippen molar-refractivity contribution in [2.75, 3.05) is 6.61 Å². The number of nitrogens with one attached hydrogen (secondary N) is 1. The molecule has 4 unspecified atom stereocenters. The Bertz CT molecular complexity index is 832. The van der Waals surface area contributed by atoms with Crippen molar-refractivity contribution in [2.45, 2.75) is 276 Å². The molecule has 0 aromatic carbocycles. The normalized spacial score (nSPS) is 14.2. The van der Waals surface area contributed by atoms with Gasteiger partial charge in [-0.05, 0) is 45.4 Å². The molecule has 0 saturated carbocycles. The number of carbonyl (C=O) groups is 1. The van der Waals surface area contributed by atoms with Gasteiger partial charge in [-0.1, -0.05) is 230 Å². The standard InChI is InChI=1S/C49H95NO5/c1-3-5-7-9-11-13-14-15-16-17-18-19-20-21-22-23-24-25-26-27-28-29-30-31-32-33-34-35-37-39-41-43-47(53)49(55)50-45(44-51)48(54)46(52)42-40-38-36-12-10-8-6-4-2/h4,6,12,36,45-48,51-54H,3,5,7-11,13-35,37-44H2,1-2H3,(H,50,55)/b6-4+,36-12+. The Labute approximate surface area is 342 Å². The van der Waals surface area contributed by atoms with Gasteiger partial charge in [0.15, 0.2) is 0 Å². The van der Waals surface area contributed by atoms with Crippen LogP contribution in [0.5, 0.6) is 0 Å². The van der Waals surface area contributed by atoms with E-state index >= 15 is 0 Å². The van der Waals surface area contributed by atoms with Crippen LogP contribution < -0.4 is 5.32 Å². The lowest BCUT2D eigenvalue weighted by molar-refractivity contribution is -0.132. The molecule has 1 amide bonds. The van der Waals surface area contributed by atoms with E-state index in [0.717, 1.165) is 38.5 Å². The SMILES string of the molecule is C/C=C/CC/C=C/CCCC(O)C(O)C(CO)NC(=O)C(O)CCCCCCCCCCCCCCCCCCCCCCCCCCCCCCCCC. The lowest BCUT2D eigenvalue weighted by Gasteiger charge is -2.27. The smallest absolute Gasteiger partial charge is 0.249 e. The van der Waals surface area contributed by atoms with E-state index in [1.54, 1.807) is 0 Å². The fourth-order valence-corrected chi connectivity index (χ4v) is 7.67. The first-order chi connectivity index (χ1) is 27.0. The summed E-state index contributed by atoms with van der Waals surface area (Å²) in [5.41, 5.74) is 0. The largest absolute Gasteiger partial charge is 0.394 e. The second-order valence-corrected chi connectivity index (χ2v) is 16.8. The van der Waals surface area contributed by atoms with Crippen molar-refractivity contribution >= 4 is 5.91 Å². The highest BCUT2D eigenvalue weighted by Gasteiger charge is 2.28. The lowest BCUT2D eigenvalue weighted by atomic mass is 10.00. The molecule has 0 radical (unpaired) electrons. The molecule has 0 bridgehead atoms. The van der Waals surface area contributed by atoms with Gasteiger partial charge < -0.3 is 25.7 Å². The minimum absolute atomic E-state index is 0.364. The summed E-state index contributed by atoms with van der Waals surface area (Å²) in [6.45, 7) is 3.80. The van der Waals surface area contributed by atoms with Crippen molar-refractivity contribution in [3.63, 3.8) is 0 Å². The van der Waals surface area contributed by atoms with Crippen LogP contribution >= 0.6 is 0 Å². The van der Waals surface area contributed by atoms with Gasteiger partial charge in [0, 0.05) is 0 Å². The molecule has 0 rings (SSSR count). The Kier molecular flexibility index (Phi) is 42.9. The molecule has 5 N–H and O–H groups in total. The van der Waals surface area contributed by atoms with Crippen molar-refractivity contribution < 1.29 is 25.2 Å². The molecule has 0 aromatic rings. The van der Waals surface area contributed by atoms with Crippen molar-refractivity contribution in [1.29, 1.82) is 0 Å². The summed E-state index contributed by atoms with van der Waals surface area (Å²) in [6.07, 6.45) is 51.4. The summed E-state index contributed by atoms with van der Waals surface area (Å²) in [4.78, 5) is 12.5. The average molecular weight is 778 g/mol. The predicted octanol–water partition coefficient (Wildman–Crippen LogP) is 13.1. The molecule has 0 fully saturated rings. The number of amides is 1. The van der Waals surface area contributed by atoms with Crippen molar-refractivity contribution in [2.24, 2.45) is 0 Å². The van der Waals surface area contributed by atoms with Gasteiger partial charge in [-0.3, -0.25) is 4.79 Å². The second-order valence-electron chi connectivity index (χ2n) is 16.8. The fourth-order valence-electron chi connectivity index (χ4n) is 7.67. The maximum absolute atomic E-state index is 12.5. The molecule has 0 saturated heterocycles. The minimum Gasteiger partial charge on any atom is -0.394 e. The molecule has 6 heteroatoms. The molecule has 0 aliphatic heterocycles. The molecule has 4 atom stereocenters. The predicted molar refractivity (Wildman–Crippen MR) is 237 cm³/mol. The van der Waals surface area contributed by atoms with Crippen molar-refractivity contribution in [3.05, 3.63) is 24.3 Å². The first kappa shape index (κ1) is 53.8. The highest BCUT2D eigenvalue weighted by molar-refractivity contribution is 5.80. The topological polar surface area (TPSA) is 110 Å². The third kappa shape index (κ3) is 38.1. The third-order valence-electron chi connectivity index (χ3n) is 11.5. The second kappa shape index (κ2) is 43.9. The van der Waals surface area contributed by atoms with Gasteiger partial charge in [0.2, 0.25) is 5.91 Å². The molecule has 6 nitrogen and oxygen atoms in total. The fraction of sp³-hybridized carbons (Fsp3) is 0.898. The van der Waals surface area contributed by atoms with Crippen LogP contribution in [0.25, 0.3) is 0 Å². The number of aliphatic hydroxyl groups excluding tert-OH is 4. The molecule has 0 spiro atoms. The summed E-state index contributed by atoms with van der Waals surface area (Å²) < 4.78 is 0. The maximum Gasteiger partial charge on any atom is 0.249 e. The van der Waals surface area contributed by atoms with E-state index in [2.05, 4.69) is 30.5 Å². The van der Waals surface area contributed by atoms with Gasteiger partial charge in [-0.25, -0.2) is 0 Å². The van der Waals surface area contributed by atoms with E-state index in [4.69, 9.17) is 0 Å². The first-order valence-corrected chi connectivity index (χ1v) is 24.2. The van der Waals surface area contributed by atoms with Crippen LogP contribution in [0.1, 0.15) is 251 Å². The van der Waals surface area contributed by atoms with Gasteiger partial charge >= 0.3 is 0 Å². The zero-order chi connectivity index (χ0) is 40.3. The van der Waals surface area contributed by atoms with Crippen molar-refractivity contribution in [3.8, 4) is 0 Å². The zero-order valence-corrected chi connectivity index (χ0v) is 36.7. The van der Waals surface area contributed by atoms with Crippen LogP contribution in [0, 0.1) is 0 Å². The van der Waals surface area contributed by atoms with Gasteiger partial charge in [0.25, 0.3) is 0 Å². The zero-order valence-electron chi connectivity index (χ0n) is 36.7. The number of hydrogen-bond donors (Lipinski definition) is 5.